The Morgan fingerprint density at radius 2 is 1.52 bits per heavy atom. The molecule has 25 heavy (non-hydrogen) atoms. The van der Waals surface area contributed by atoms with Crippen LogP contribution in [-0.4, -0.2) is 9.55 Å². The Morgan fingerprint density at radius 1 is 0.840 bits per heavy atom. The van der Waals surface area contributed by atoms with E-state index in [0.29, 0.717) is 28.3 Å². The quantitative estimate of drug-likeness (QED) is 0.536. The average Bonchev–Trinajstić information content (AvgIpc) is 2.66. The van der Waals surface area contributed by atoms with E-state index in [2.05, 4.69) is 0 Å². The molecule has 1 aromatic heterocycles. The normalized spacial score (nSPS) is 10.9. The van der Waals surface area contributed by atoms with Crippen molar-refractivity contribution in [2.75, 3.05) is 0 Å². The summed E-state index contributed by atoms with van der Waals surface area (Å²) in [5.41, 5.74) is 2.42. The summed E-state index contributed by atoms with van der Waals surface area (Å²) in [4.78, 5) is 17.9. The first-order valence-electron chi connectivity index (χ1n) is 8.02. The van der Waals surface area contributed by atoms with E-state index < -0.39 is 0 Å². The highest BCUT2D eigenvalue weighted by Gasteiger charge is 2.13. The zero-order valence-corrected chi connectivity index (χ0v) is 14.1. The van der Waals surface area contributed by atoms with E-state index in [1.807, 2.05) is 78.9 Å². The van der Waals surface area contributed by atoms with Crippen LogP contribution in [0.15, 0.2) is 83.7 Å². The molecule has 4 rings (SSSR count). The zero-order valence-electron chi connectivity index (χ0n) is 13.4. The van der Waals surface area contributed by atoms with Crippen molar-refractivity contribution in [1.29, 1.82) is 0 Å². The van der Waals surface area contributed by atoms with E-state index in [1.54, 1.807) is 4.57 Å². The Hall–Kier alpha value is -2.91. The molecule has 0 aliphatic rings. The van der Waals surface area contributed by atoms with Gasteiger partial charge in [-0.1, -0.05) is 72.3 Å². The highest BCUT2D eigenvalue weighted by molar-refractivity contribution is 6.31. The summed E-state index contributed by atoms with van der Waals surface area (Å²) in [6.45, 7) is 0.376. The van der Waals surface area contributed by atoms with Gasteiger partial charge in [-0.05, 0) is 23.8 Å². The standard InChI is InChI=1S/C21H15ClN2O/c22-18-12-6-4-10-16(18)14-24-20(15-8-2-1-3-9-15)23-19-13-7-5-11-17(19)21(24)25/h1-13H,14H2. The third-order valence-corrected chi connectivity index (χ3v) is 4.55. The topological polar surface area (TPSA) is 34.9 Å². The molecule has 0 atom stereocenters. The minimum Gasteiger partial charge on any atom is -0.288 e. The summed E-state index contributed by atoms with van der Waals surface area (Å²) in [6, 6.07) is 24.7. The van der Waals surface area contributed by atoms with Crippen molar-refractivity contribution in [3.63, 3.8) is 0 Å². The van der Waals surface area contributed by atoms with Crippen LogP contribution in [0.2, 0.25) is 5.02 Å². The number of para-hydroxylation sites is 1. The Morgan fingerprint density at radius 3 is 2.32 bits per heavy atom. The molecule has 0 bridgehead atoms. The second-order valence-corrected chi connectivity index (χ2v) is 6.21. The Balaban J connectivity index is 1.99. The molecule has 4 heteroatoms. The van der Waals surface area contributed by atoms with Gasteiger partial charge in [0.15, 0.2) is 0 Å². The maximum atomic E-state index is 13.1. The molecule has 0 aliphatic carbocycles. The third kappa shape index (κ3) is 2.94. The monoisotopic (exact) mass is 346 g/mol. The molecular formula is C21H15ClN2O. The number of fused-ring (bicyclic) bond motifs is 1. The average molecular weight is 347 g/mol. The number of benzene rings is 3. The summed E-state index contributed by atoms with van der Waals surface area (Å²) in [6.07, 6.45) is 0. The fraction of sp³-hybridized carbons (Fsp3) is 0.0476. The van der Waals surface area contributed by atoms with Crippen LogP contribution in [-0.2, 0) is 6.54 Å². The van der Waals surface area contributed by atoms with Gasteiger partial charge < -0.3 is 0 Å². The van der Waals surface area contributed by atoms with Gasteiger partial charge in [-0.2, -0.15) is 0 Å². The molecule has 3 aromatic carbocycles. The SMILES string of the molecule is O=c1c2ccccc2nc(-c2ccccc2)n1Cc1ccccc1Cl. The first kappa shape index (κ1) is 15.6. The number of nitrogens with zero attached hydrogens (tertiary/aromatic N) is 2. The molecule has 0 unspecified atom stereocenters. The molecule has 0 saturated heterocycles. The molecular weight excluding hydrogens is 332 g/mol. The van der Waals surface area contributed by atoms with Crippen LogP contribution in [0.3, 0.4) is 0 Å². The molecule has 0 aliphatic heterocycles. The second-order valence-electron chi connectivity index (χ2n) is 5.80. The predicted octanol–water partition coefficient (Wildman–Crippen LogP) is 4.77. The largest absolute Gasteiger partial charge is 0.288 e. The van der Waals surface area contributed by atoms with E-state index in [1.165, 1.54) is 0 Å². The first-order valence-corrected chi connectivity index (χ1v) is 8.40. The van der Waals surface area contributed by atoms with Crippen molar-refractivity contribution in [2.45, 2.75) is 6.54 Å². The minimum atomic E-state index is -0.0654. The third-order valence-electron chi connectivity index (χ3n) is 4.18. The summed E-state index contributed by atoms with van der Waals surface area (Å²) < 4.78 is 1.69. The Labute approximate surface area is 150 Å². The fourth-order valence-corrected chi connectivity index (χ4v) is 3.11. The predicted molar refractivity (Wildman–Crippen MR) is 102 cm³/mol. The van der Waals surface area contributed by atoms with Crippen molar-refractivity contribution in [3.05, 3.63) is 99.8 Å². The zero-order chi connectivity index (χ0) is 17.2. The van der Waals surface area contributed by atoms with Gasteiger partial charge in [0.1, 0.15) is 5.82 Å². The summed E-state index contributed by atoms with van der Waals surface area (Å²) in [7, 11) is 0. The minimum absolute atomic E-state index is 0.0654. The number of hydrogen-bond donors (Lipinski definition) is 0. The molecule has 0 spiro atoms. The number of halogens is 1. The Bertz CT molecular complexity index is 1100. The number of rotatable bonds is 3. The highest BCUT2D eigenvalue weighted by Crippen LogP contribution is 2.22. The van der Waals surface area contributed by atoms with Gasteiger partial charge in [0.25, 0.3) is 5.56 Å². The first-order chi connectivity index (χ1) is 12.2. The molecule has 4 aromatic rings. The van der Waals surface area contributed by atoms with E-state index >= 15 is 0 Å². The van der Waals surface area contributed by atoms with Crippen molar-refractivity contribution in [3.8, 4) is 11.4 Å². The van der Waals surface area contributed by atoms with Crippen LogP contribution in [0.1, 0.15) is 5.56 Å². The molecule has 3 nitrogen and oxygen atoms in total. The summed E-state index contributed by atoms with van der Waals surface area (Å²) in [5.74, 6) is 0.643. The lowest BCUT2D eigenvalue weighted by Crippen LogP contribution is -2.24. The lowest BCUT2D eigenvalue weighted by atomic mass is 10.1. The van der Waals surface area contributed by atoms with Crippen LogP contribution >= 0.6 is 11.6 Å². The molecule has 122 valence electrons. The van der Waals surface area contributed by atoms with Crippen LogP contribution < -0.4 is 5.56 Å². The Kier molecular flexibility index (Phi) is 4.08. The lowest BCUT2D eigenvalue weighted by molar-refractivity contribution is 0.759. The summed E-state index contributed by atoms with van der Waals surface area (Å²) >= 11 is 6.31. The van der Waals surface area contributed by atoms with Gasteiger partial charge in [0.05, 0.1) is 17.4 Å². The van der Waals surface area contributed by atoms with Gasteiger partial charge in [-0.3, -0.25) is 9.36 Å². The van der Waals surface area contributed by atoms with Gasteiger partial charge >= 0.3 is 0 Å². The van der Waals surface area contributed by atoms with E-state index in [-0.39, 0.29) is 5.56 Å². The lowest BCUT2D eigenvalue weighted by Gasteiger charge is -2.14. The number of hydrogen-bond acceptors (Lipinski definition) is 2. The molecule has 0 radical (unpaired) electrons. The number of aromatic nitrogens is 2. The molecule has 0 N–H and O–H groups in total. The van der Waals surface area contributed by atoms with Crippen molar-refractivity contribution in [2.24, 2.45) is 0 Å². The van der Waals surface area contributed by atoms with Crippen molar-refractivity contribution < 1.29 is 0 Å². The summed E-state index contributed by atoms with van der Waals surface area (Å²) in [5, 5.41) is 1.25. The van der Waals surface area contributed by atoms with Gasteiger partial charge in [-0.25, -0.2) is 4.98 Å². The van der Waals surface area contributed by atoms with Crippen molar-refractivity contribution >= 4 is 22.5 Å². The van der Waals surface area contributed by atoms with E-state index in [0.717, 1.165) is 11.1 Å². The molecule has 0 saturated carbocycles. The van der Waals surface area contributed by atoms with Gasteiger partial charge in [-0.15, -0.1) is 0 Å². The van der Waals surface area contributed by atoms with Crippen LogP contribution in [0, 0.1) is 0 Å². The fourth-order valence-electron chi connectivity index (χ4n) is 2.92. The van der Waals surface area contributed by atoms with Gasteiger partial charge in [0.2, 0.25) is 0 Å². The second kappa shape index (κ2) is 6.54. The van der Waals surface area contributed by atoms with Crippen LogP contribution in [0.25, 0.3) is 22.3 Å². The maximum absolute atomic E-state index is 13.1. The molecule has 1 heterocycles. The van der Waals surface area contributed by atoms with Crippen LogP contribution in [0.5, 0.6) is 0 Å². The van der Waals surface area contributed by atoms with Gasteiger partial charge in [0, 0.05) is 10.6 Å². The highest BCUT2D eigenvalue weighted by atomic mass is 35.5. The smallest absolute Gasteiger partial charge is 0.261 e. The van der Waals surface area contributed by atoms with E-state index in [9.17, 15) is 4.79 Å². The van der Waals surface area contributed by atoms with E-state index in [4.69, 9.17) is 16.6 Å². The van der Waals surface area contributed by atoms with Crippen molar-refractivity contribution in [1.82, 2.24) is 9.55 Å². The molecule has 0 fully saturated rings. The van der Waals surface area contributed by atoms with Crippen LogP contribution in [0.4, 0.5) is 0 Å². The molecule has 0 amide bonds. The maximum Gasteiger partial charge on any atom is 0.261 e.